The van der Waals surface area contributed by atoms with E-state index in [1.807, 2.05) is 18.2 Å². The van der Waals surface area contributed by atoms with Crippen molar-refractivity contribution in [3.8, 4) is 0 Å². The Morgan fingerprint density at radius 1 is 0.857 bits per heavy atom. The van der Waals surface area contributed by atoms with Crippen LogP contribution in [0, 0.1) is 0 Å². The maximum atomic E-state index is 3.89. The van der Waals surface area contributed by atoms with E-state index in [-0.39, 0.29) is 0 Å². The predicted molar refractivity (Wildman–Crippen MR) is 94.4 cm³/mol. The molecule has 0 saturated carbocycles. The van der Waals surface area contributed by atoms with Gasteiger partial charge in [-0.2, -0.15) is 0 Å². The van der Waals surface area contributed by atoms with Crippen LogP contribution in [0.1, 0.15) is 11.1 Å². The van der Waals surface area contributed by atoms with E-state index >= 15 is 0 Å². The summed E-state index contributed by atoms with van der Waals surface area (Å²) in [4.78, 5) is 4.80. The molecule has 1 heterocycles. The molecule has 104 valence electrons. The van der Waals surface area contributed by atoms with Gasteiger partial charge in [0.2, 0.25) is 0 Å². The lowest BCUT2D eigenvalue weighted by molar-refractivity contribution is 1.03. The van der Waals surface area contributed by atoms with Gasteiger partial charge in [-0.15, -0.1) is 6.58 Å². The van der Waals surface area contributed by atoms with Crippen LogP contribution < -0.4 is 4.90 Å². The second-order valence-corrected chi connectivity index (χ2v) is 5.95. The molecule has 0 fully saturated rings. The normalized spacial score (nSPS) is 12.3. The van der Waals surface area contributed by atoms with Crippen LogP contribution in [0.5, 0.6) is 0 Å². The summed E-state index contributed by atoms with van der Waals surface area (Å²) in [6.45, 7) is 12.4. The van der Waals surface area contributed by atoms with Gasteiger partial charge in [-0.05, 0) is 35.4 Å². The van der Waals surface area contributed by atoms with Crippen LogP contribution in [-0.4, -0.2) is 6.54 Å². The molecule has 21 heavy (non-hydrogen) atoms. The minimum absolute atomic E-state index is 0.793. The molecular formula is C19H17NS. The van der Waals surface area contributed by atoms with Crippen molar-refractivity contribution in [2.75, 3.05) is 11.4 Å². The minimum atomic E-state index is 0.793. The van der Waals surface area contributed by atoms with Crippen molar-refractivity contribution < 1.29 is 0 Å². The lowest BCUT2D eigenvalue weighted by atomic mass is 10.1. The summed E-state index contributed by atoms with van der Waals surface area (Å²) in [6, 6.07) is 12.9. The van der Waals surface area contributed by atoms with Gasteiger partial charge in [-0.25, -0.2) is 0 Å². The molecule has 1 aliphatic heterocycles. The van der Waals surface area contributed by atoms with Crippen LogP contribution in [-0.2, 0) is 0 Å². The molecule has 0 amide bonds. The second kappa shape index (κ2) is 5.66. The Hall–Kier alpha value is -2.19. The van der Waals surface area contributed by atoms with Crippen molar-refractivity contribution in [2.45, 2.75) is 9.79 Å². The van der Waals surface area contributed by atoms with Crippen LogP contribution in [0.15, 0.2) is 72.0 Å². The van der Waals surface area contributed by atoms with Gasteiger partial charge < -0.3 is 4.90 Å². The molecule has 0 saturated heterocycles. The summed E-state index contributed by atoms with van der Waals surface area (Å²) in [5, 5.41) is 0. The van der Waals surface area contributed by atoms with Gasteiger partial charge >= 0.3 is 0 Å². The van der Waals surface area contributed by atoms with Crippen molar-refractivity contribution in [2.24, 2.45) is 0 Å². The fourth-order valence-electron chi connectivity index (χ4n) is 2.50. The van der Waals surface area contributed by atoms with Crippen LogP contribution in [0.2, 0.25) is 0 Å². The molecule has 0 spiro atoms. The fraction of sp³-hybridized carbons (Fsp3) is 0.0526. The first-order valence-electron chi connectivity index (χ1n) is 6.86. The molecule has 2 aromatic rings. The number of nitrogens with zero attached hydrogens (tertiary/aromatic N) is 1. The molecule has 3 rings (SSSR count). The summed E-state index contributed by atoms with van der Waals surface area (Å²) in [6.07, 6.45) is 5.70. The first-order chi connectivity index (χ1) is 10.3. The van der Waals surface area contributed by atoms with Crippen LogP contribution in [0.4, 0.5) is 11.4 Å². The van der Waals surface area contributed by atoms with Crippen molar-refractivity contribution in [3.05, 3.63) is 73.3 Å². The van der Waals surface area contributed by atoms with E-state index in [1.54, 1.807) is 11.8 Å². The quantitative estimate of drug-likeness (QED) is 0.659. The summed E-state index contributed by atoms with van der Waals surface area (Å²) >= 11 is 1.80. The van der Waals surface area contributed by atoms with E-state index < -0.39 is 0 Å². The van der Waals surface area contributed by atoms with Gasteiger partial charge in [0.25, 0.3) is 0 Å². The Morgan fingerprint density at radius 3 is 1.81 bits per heavy atom. The van der Waals surface area contributed by atoms with Crippen molar-refractivity contribution in [1.82, 2.24) is 0 Å². The zero-order valence-corrected chi connectivity index (χ0v) is 12.7. The predicted octanol–water partition coefficient (Wildman–Crippen LogP) is 5.76. The standard InChI is InChI=1S/C19H17NS/c1-4-11-20-16-9-7-14(5-2)12-18(16)21-19-13-15(6-3)8-10-17(19)20/h4-10,12-13H,1-3,11H2. The van der Waals surface area contributed by atoms with Gasteiger partial charge in [0.15, 0.2) is 0 Å². The first-order valence-corrected chi connectivity index (χ1v) is 7.67. The molecule has 0 bridgehead atoms. The molecule has 2 heteroatoms. The molecule has 0 radical (unpaired) electrons. The maximum absolute atomic E-state index is 3.89. The van der Waals surface area contributed by atoms with Gasteiger partial charge in [0, 0.05) is 16.3 Å². The first kappa shape index (κ1) is 13.8. The van der Waals surface area contributed by atoms with Crippen LogP contribution >= 0.6 is 11.8 Å². The van der Waals surface area contributed by atoms with E-state index in [9.17, 15) is 0 Å². The highest BCUT2D eigenvalue weighted by Crippen LogP contribution is 2.48. The van der Waals surface area contributed by atoms with E-state index in [0.29, 0.717) is 0 Å². The van der Waals surface area contributed by atoms with Crippen molar-refractivity contribution in [1.29, 1.82) is 0 Å². The van der Waals surface area contributed by atoms with E-state index in [0.717, 1.165) is 17.7 Å². The molecular weight excluding hydrogens is 274 g/mol. The van der Waals surface area contributed by atoms with Gasteiger partial charge in [-0.1, -0.05) is 55.3 Å². The van der Waals surface area contributed by atoms with Crippen LogP contribution in [0.3, 0.4) is 0 Å². The zero-order chi connectivity index (χ0) is 14.8. The SMILES string of the molecule is C=CCN1c2ccc(C=C)cc2Sc2cc(C=C)ccc21. The number of anilines is 2. The Morgan fingerprint density at radius 2 is 1.38 bits per heavy atom. The highest BCUT2D eigenvalue weighted by molar-refractivity contribution is 7.99. The number of rotatable bonds is 4. The van der Waals surface area contributed by atoms with E-state index in [1.165, 1.54) is 21.2 Å². The summed E-state index contributed by atoms with van der Waals surface area (Å²) in [7, 11) is 0. The average Bonchev–Trinajstić information content (AvgIpc) is 2.53. The minimum Gasteiger partial charge on any atom is -0.336 e. The Bertz CT molecular complexity index is 673. The summed E-state index contributed by atoms with van der Waals surface area (Å²) in [5.74, 6) is 0. The smallest absolute Gasteiger partial charge is 0.0556 e. The monoisotopic (exact) mass is 291 g/mol. The topological polar surface area (TPSA) is 3.24 Å². The third-order valence-electron chi connectivity index (χ3n) is 3.55. The molecule has 1 aliphatic rings. The van der Waals surface area contributed by atoms with E-state index in [2.05, 4.69) is 61.0 Å². The highest BCUT2D eigenvalue weighted by atomic mass is 32.2. The summed E-state index contributed by atoms with van der Waals surface area (Å²) < 4.78 is 0. The zero-order valence-electron chi connectivity index (χ0n) is 11.9. The van der Waals surface area contributed by atoms with Crippen molar-refractivity contribution in [3.63, 3.8) is 0 Å². The molecule has 0 N–H and O–H groups in total. The molecule has 0 aromatic heterocycles. The molecule has 2 aromatic carbocycles. The molecule has 0 atom stereocenters. The molecule has 1 nitrogen and oxygen atoms in total. The Kier molecular flexibility index (Phi) is 3.72. The van der Waals surface area contributed by atoms with Crippen molar-refractivity contribution >= 4 is 35.3 Å². The fourth-order valence-corrected chi connectivity index (χ4v) is 3.69. The van der Waals surface area contributed by atoms with Gasteiger partial charge in [0.05, 0.1) is 11.4 Å². The number of benzene rings is 2. The number of hydrogen-bond acceptors (Lipinski definition) is 2. The Labute approximate surface area is 130 Å². The highest BCUT2D eigenvalue weighted by Gasteiger charge is 2.22. The summed E-state index contributed by atoms with van der Waals surface area (Å²) in [5.41, 5.74) is 4.74. The Balaban J connectivity index is 2.16. The number of hydrogen-bond donors (Lipinski definition) is 0. The second-order valence-electron chi connectivity index (χ2n) is 4.86. The molecule has 0 unspecified atom stereocenters. The van der Waals surface area contributed by atoms with Crippen LogP contribution in [0.25, 0.3) is 12.2 Å². The third-order valence-corrected chi connectivity index (χ3v) is 4.65. The maximum Gasteiger partial charge on any atom is 0.0556 e. The average molecular weight is 291 g/mol. The third kappa shape index (κ3) is 2.43. The largest absolute Gasteiger partial charge is 0.336 e. The van der Waals surface area contributed by atoms with E-state index in [4.69, 9.17) is 0 Å². The lowest BCUT2D eigenvalue weighted by Crippen LogP contribution is -2.20. The lowest BCUT2D eigenvalue weighted by Gasteiger charge is -2.32. The van der Waals surface area contributed by atoms with Gasteiger partial charge in [0.1, 0.15) is 0 Å². The van der Waals surface area contributed by atoms with Gasteiger partial charge in [-0.3, -0.25) is 0 Å². The number of fused-ring (bicyclic) bond motifs is 2. The molecule has 0 aliphatic carbocycles.